The zero-order valence-corrected chi connectivity index (χ0v) is 14.6. The van der Waals surface area contributed by atoms with Gasteiger partial charge in [0.25, 0.3) is 0 Å². The molecule has 1 aromatic carbocycles. The number of hydrogen-bond donors (Lipinski definition) is 3. The monoisotopic (exact) mass is 353 g/mol. The lowest BCUT2D eigenvalue weighted by atomic mass is 10.0. The largest absolute Gasteiger partial charge is 0.478 e. The van der Waals surface area contributed by atoms with Crippen LogP contribution < -0.4 is 16.0 Å². The van der Waals surface area contributed by atoms with Crippen LogP contribution in [0, 0.1) is 5.82 Å². The fraction of sp³-hybridized carbons (Fsp3) is 0.529. The van der Waals surface area contributed by atoms with Gasteiger partial charge in [0.15, 0.2) is 0 Å². The Labute approximate surface area is 145 Å². The van der Waals surface area contributed by atoms with Crippen LogP contribution in [-0.2, 0) is 4.74 Å². The van der Waals surface area contributed by atoms with Crippen molar-refractivity contribution in [2.45, 2.75) is 45.3 Å². The predicted octanol–water partition coefficient (Wildman–Crippen LogP) is 2.60. The van der Waals surface area contributed by atoms with Crippen LogP contribution in [0.3, 0.4) is 0 Å². The second-order valence-corrected chi connectivity index (χ2v) is 7.13. The number of piperidine rings is 1. The summed E-state index contributed by atoms with van der Waals surface area (Å²) in [6.07, 6.45) is 0.987. The number of nitrogens with zero attached hydrogens (tertiary/aromatic N) is 1. The van der Waals surface area contributed by atoms with Crippen LogP contribution in [0.5, 0.6) is 0 Å². The van der Waals surface area contributed by atoms with Gasteiger partial charge in [0.05, 0.1) is 11.3 Å². The number of carbonyl (C=O) groups excluding carboxylic acids is 1. The lowest BCUT2D eigenvalue weighted by Crippen LogP contribution is -2.49. The number of nitrogen functional groups attached to an aromatic ring is 1. The summed E-state index contributed by atoms with van der Waals surface area (Å²) in [6, 6.07) is 2.07. The zero-order chi connectivity index (χ0) is 18.8. The summed E-state index contributed by atoms with van der Waals surface area (Å²) in [7, 11) is 0. The second kappa shape index (κ2) is 7.16. The summed E-state index contributed by atoms with van der Waals surface area (Å²) in [5, 5.41) is 11.8. The van der Waals surface area contributed by atoms with Crippen LogP contribution >= 0.6 is 0 Å². The Balaban J connectivity index is 2.10. The summed E-state index contributed by atoms with van der Waals surface area (Å²) in [5.74, 6) is -1.92. The molecule has 2 rings (SSSR count). The van der Waals surface area contributed by atoms with Crippen LogP contribution in [0.1, 0.15) is 44.0 Å². The SMILES string of the molecule is CC(C)(C)OC(=O)NC1CCCN(c2cc(N)c(C(=O)O)cc2F)C1. The molecule has 1 aromatic rings. The molecule has 1 unspecified atom stereocenters. The molecule has 0 radical (unpaired) electrons. The van der Waals surface area contributed by atoms with E-state index >= 15 is 0 Å². The van der Waals surface area contributed by atoms with Crippen molar-refractivity contribution in [3.63, 3.8) is 0 Å². The van der Waals surface area contributed by atoms with Crippen molar-refractivity contribution in [2.24, 2.45) is 0 Å². The van der Waals surface area contributed by atoms with Gasteiger partial charge in [-0.25, -0.2) is 14.0 Å². The number of hydrogen-bond acceptors (Lipinski definition) is 5. The quantitative estimate of drug-likeness (QED) is 0.722. The van der Waals surface area contributed by atoms with Crippen LogP contribution in [-0.4, -0.2) is 41.9 Å². The first-order chi connectivity index (χ1) is 11.6. The van der Waals surface area contributed by atoms with E-state index in [9.17, 15) is 14.0 Å². The highest BCUT2D eigenvalue weighted by Crippen LogP contribution is 2.28. The van der Waals surface area contributed by atoms with Crippen molar-refractivity contribution in [1.82, 2.24) is 5.32 Å². The Morgan fingerprint density at radius 2 is 2.08 bits per heavy atom. The molecule has 7 nitrogen and oxygen atoms in total. The van der Waals surface area contributed by atoms with Gasteiger partial charge in [-0.1, -0.05) is 0 Å². The number of anilines is 2. The molecule has 138 valence electrons. The van der Waals surface area contributed by atoms with Gasteiger partial charge in [0.1, 0.15) is 11.4 Å². The number of halogens is 1. The molecular formula is C17H24FN3O4. The van der Waals surface area contributed by atoms with Gasteiger partial charge in [0, 0.05) is 24.8 Å². The smallest absolute Gasteiger partial charge is 0.407 e. The molecule has 1 aliphatic rings. The van der Waals surface area contributed by atoms with E-state index in [1.807, 2.05) is 0 Å². The molecule has 1 amide bonds. The van der Waals surface area contributed by atoms with E-state index in [1.54, 1.807) is 25.7 Å². The first-order valence-electron chi connectivity index (χ1n) is 8.13. The van der Waals surface area contributed by atoms with E-state index in [2.05, 4.69) is 5.32 Å². The molecule has 25 heavy (non-hydrogen) atoms. The summed E-state index contributed by atoms with van der Waals surface area (Å²) in [6.45, 7) is 6.32. The van der Waals surface area contributed by atoms with Gasteiger partial charge in [0.2, 0.25) is 0 Å². The number of rotatable bonds is 3. The highest BCUT2D eigenvalue weighted by atomic mass is 19.1. The van der Waals surface area contributed by atoms with Crippen LogP contribution in [0.15, 0.2) is 12.1 Å². The molecule has 0 aromatic heterocycles. The second-order valence-electron chi connectivity index (χ2n) is 7.13. The molecule has 0 saturated carbocycles. The highest BCUT2D eigenvalue weighted by molar-refractivity contribution is 5.94. The van der Waals surface area contributed by atoms with Crippen molar-refractivity contribution < 1.29 is 23.8 Å². The van der Waals surface area contributed by atoms with E-state index in [-0.39, 0.29) is 23.0 Å². The number of ether oxygens (including phenoxy) is 1. The molecule has 0 bridgehead atoms. The van der Waals surface area contributed by atoms with Gasteiger partial charge in [-0.3, -0.25) is 0 Å². The predicted molar refractivity (Wildman–Crippen MR) is 92.4 cm³/mol. The molecule has 1 atom stereocenters. The first-order valence-corrected chi connectivity index (χ1v) is 8.13. The third-order valence-corrected chi connectivity index (χ3v) is 3.83. The Morgan fingerprint density at radius 3 is 2.68 bits per heavy atom. The topological polar surface area (TPSA) is 105 Å². The van der Waals surface area contributed by atoms with E-state index in [0.29, 0.717) is 13.1 Å². The van der Waals surface area contributed by atoms with Crippen molar-refractivity contribution >= 4 is 23.4 Å². The minimum atomic E-state index is -1.27. The van der Waals surface area contributed by atoms with E-state index in [4.69, 9.17) is 15.6 Å². The molecule has 1 saturated heterocycles. The van der Waals surface area contributed by atoms with E-state index in [1.165, 1.54) is 6.07 Å². The lowest BCUT2D eigenvalue weighted by molar-refractivity contribution is 0.0499. The average molecular weight is 353 g/mol. The number of amides is 1. The Bertz CT molecular complexity index is 673. The van der Waals surface area contributed by atoms with Crippen LogP contribution in [0.2, 0.25) is 0 Å². The van der Waals surface area contributed by atoms with E-state index in [0.717, 1.165) is 18.9 Å². The molecule has 1 aliphatic heterocycles. The Kier molecular flexibility index (Phi) is 5.39. The van der Waals surface area contributed by atoms with E-state index < -0.39 is 23.5 Å². The fourth-order valence-corrected chi connectivity index (χ4v) is 2.79. The molecular weight excluding hydrogens is 329 g/mol. The standard InChI is InChI=1S/C17H24FN3O4/c1-17(2,3)25-16(24)20-10-5-4-6-21(9-10)14-8-13(19)11(15(22)23)7-12(14)18/h7-8,10H,4-6,9,19H2,1-3H3,(H,20,24)(H,22,23). The third kappa shape index (κ3) is 4.98. The number of carboxylic acids is 1. The minimum absolute atomic E-state index is 0.00567. The maximum absolute atomic E-state index is 14.3. The molecule has 1 fully saturated rings. The average Bonchev–Trinajstić information content (AvgIpc) is 2.47. The zero-order valence-electron chi connectivity index (χ0n) is 14.6. The van der Waals surface area contributed by atoms with Gasteiger partial charge < -0.3 is 25.8 Å². The van der Waals surface area contributed by atoms with Crippen molar-refractivity contribution in [2.75, 3.05) is 23.7 Å². The number of nitrogens with one attached hydrogen (secondary N) is 1. The molecule has 4 N–H and O–H groups in total. The highest BCUT2D eigenvalue weighted by Gasteiger charge is 2.26. The van der Waals surface area contributed by atoms with Gasteiger partial charge in [-0.15, -0.1) is 0 Å². The number of carbonyl (C=O) groups is 2. The van der Waals surface area contributed by atoms with Crippen LogP contribution in [0.25, 0.3) is 0 Å². The molecule has 0 spiro atoms. The van der Waals surface area contributed by atoms with Crippen LogP contribution in [0.4, 0.5) is 20.6 Å². The Morgan fingerprint density at radius 1 is 1.40 bits per heavy atom. The lowest BCUT2D eigenvalue weighted by Gasteiger charge is -2.35. The summed E-state index contributed by atoms with van der Waals surface area (Å²) in [4.78, 5) is 24.7. The third-order valence-electron chi connectivity index (χ3n) is 3.83. The summed E-state index contributed by atoms with van der Waals surface area (Å²) >= 11 is 0. The fourth-order valence-electron chi connectivity index (χ4n) is 2.79. The Hall–Kier alpha value is -2.51. The number of benzene rings is 1. The number of aromatic carboxylic acids is 1. The van der Waals surface area contributed by atoms with Gasteiger partial charge in [-0.2, -0.15) is 0 Å². The molecule has 1 heterocycles. The summed E-state index contributed by atoms with van der Waals surface area (Å²) < 4.78 is 19.6. The number of alkyl carbamates (subject to hydrolysis) is 1. The van der Waals surface area contributed by atoms with Gasteiger partial charge in [-0.05, 0) is 45.7 Å². The first kappa shape index (κ1) is 18.8. The number of carboxylic acid groups (broad SMARTS) is 1. The maximum atomic E-state index is 14.3. The summed E-state index contributed by atoms with van der Waals surface area (Å²) in [5.41, 5.74) is 5.10. The van der Waals surface area contributed by atoms with Crippen molar-refractivity contribution in [1.29, 1.82) is 0 Å². The molecule has 8 heteroatoms. The van der Waals surface area contributed by atoms with Crippen molar-refractivity contribution in [3.8, 4) is 0 Å². The normalized spacial score (nSPS) is 17.9. The maximum Gasteiger partial charge on any atom is 0.407 e. The number of nitrogens with two attached hydrogens (primary N) is 1. The molecule has 0 aliphatic carbocycles. The minimum Gasteiger partial charge on any atom is -0.478 e. The van der Waals surface area contributed by atoms with Crippen molar-refractivity contribution in [3.05, 3.63) is 23.5 Å². The van der Waals surface area contributed by atoms with Gasteiger partial charge >= 0.3 is 12.1 Å².